The highest BCUT2D eigenvalue weighted by atomic mass is 19.4. The standard InChI is InChI=1S/C20H24F3N5O5/c1-19(12-5-7-13(33-2)8-6-12)17(31)28(18(32)25-19)26-15(29)10-27-9-3-4-14(27)16(30)24-11-20(21,22)23/h5-8,14H,3-4,9-11H2,1-2H3,(H,24,30)(H,25,32)(H,26,29). The molecule has 0 aliphatic carbocycles. The minimum Gasteiger partial charge on any atom is -0.497 e. The predicted molar refractivity (Wildman–Crippen MR) is 108 cm³/mol. The fraction of sp³-hybridized carbons (Fsp3) is 0.500. The van der Waals surface area contributed by atoms with E-state index in [0.717, 1.165) is 0 Å². The molecular formula is C20H24F3N5O5. The van der Waals surface area contributed by atoms with Gasteiger partial charge in [0.05, 0.1) is 19.7 Å². The molecule has 5 amide bonds. The summed E-state index contributed by atoms with van der Waals surface area (Å²) in [6.07, 6.45) is -3.75. The van der Waals surface area contributed by atoms with Gasteiger partial charge in [0, 0.05) is 0 Å². The van der Waals surface area contributed by atoms with Gasteiger partial charge in [0.25, 0.3) is 11.8 Å². The first-order valence-electron chi connectivity index (χ1n) is 10.1. The number of carbonyl (C=O) groups excluding carboxylic acids is 4. The van der Waals surface area contributed by atoms with Crippen LogP contribution in [0.25, 0.3) is 0 Å². The van der Waals surface area contributed by atoms with Crippen LogP contribution in [0.5, 0.6) is 5.75 Å². The number of imide groups is 1. The van der Waals surface area contributed by atoms with Gasteiger partial charge >= 0.3 is 12.2 Å². The molecule has 0 radical (unpaired) electrons. The van der Waals surface area contributed by atoms with E-state index in [4.69, 9.17) is 4.74 Å². The number of benzene rings is 1. The summed E-state index contributed by atoms with van der Waals surface area (Å²) in [4.78, 5) is 51.3. The maximum atomic E-state index is 12.9. The number of carbonyl (C=O) groups is 4. The Morgan fingerprint density at radius 3 is 2.52 bits per heavy atom. The van der Waals surface area contributed by atoms with Crippen molar-refractivity contribution in [3.05, 3.63) is 29.8 Å². The number of hydrazine groups is 1. The molecule has 0 bridgehead atoms. The van der Waals surface area contributed by atoms with Gasteiger partial charge in [0.15, 0.2) is 0 Å². The van der Waals surface area contributed by atoms with Crippen LogP contribution in [-0.4, -0.2) is 72.6 Å². The first-order valence-corrected chi connectivity index (χ1v) is 10.1. The average Bonchev–Trinajstić information content (AvgIpc) is 3.30. The maximum absolute atomic E-state index is 12.9. The van der Waals surface area contributed by atoms with Gasteiger partial charge in [0.2, 0.25) is 5.91 Å². The minimum absolute atomic E-state index is 0.287. The van der Waals surface area contributed by atoms with E-state index in [-0.39, 0.29) is 13.0 Å². The molecule has 1 aromatic rings. The van der Waals surface area contributed by atoms with Crippen molar-refractivity contribution in [3.63, 3.8) is 0 Å². The van der Waals surface area contributed by atoms with Crippen LogP contribution in [0.2, 0.25) is 0 Å². The van der Waals surface area contributed by atoms with Crippen LogP contribution < -0.4 is 20.8 Å². The summed E-state index contributed by atoms with van der Waals surface area (Å²) < 4.78 is 42.2. The fourth-order valence-corrected chi connectivity index (χ4v) is 3.82. The lowest BCUT2D eigenvalue weighted by molar-refractivity contribution is -0.142. The molecule has 10 nitrogen and oxygen atoms in total. The van der Waals surface area contributed by atoms with E-state index >= 15 is 0 Å². The SMILES string of the molecule is COc1ccc(C2(C)NC(=O)N(NC(=O)CN3CCCC3C(=O)NCC(F)(F)F)C2=O)cc1. The lowest BCUT2D eigenvalue weighted by Gasteiger charge is -2.25. The van der Waals surface area contributed by atoms with E-state index in [9.17, 15) is 32.3 Å². The first kappa shape index (κ1) is 24.3. The summed E-state index contributed by atoms with van der Waals surface area (Å²) in [6.45, 7) is -0.0426. The van der Waals surface area contributed by atoms with Crippen LogP contribution in [0.1, 0.15) is 25.3 Å². The second-order valence-electron chi connectivity index (χ2n) is 7.92. The Balaban J connectivity index is 1.62. The summed E-state index contributed by atoms with van der Waals surface area (Å²) in [5, 5.41) is 4.91. The number of ether oxygens (including phenoxy) is 1. The number of alkyl halides is 3. The van der Waals surface area contributed by atoms with Crippen molar-refractivity contribution in [2.45, 2.75) is 37.5 Å². The molecular weight excluding hydrogens is 447 g/mol. The summed E-state index contributed by atoms with van der Waals surface area (Å²) in [7, 11) is 1.49. The van der Waals surface area contributed by atoms with Gasteiger partial charge in [-0.3, -0.25) is 24.7 Å². The van der Waals surface area contributed by atoms with Gasteiger partial charge in [-0.25, -0.2) is 4.79 Å². The van der Waals surface area contributed by atoms with E-state index in [1.807, 2.05) is 5.32 Å². The summed E-state index contributed by atoms with van der Waals surface area (Å²) in [6, 6.07) is 4.71. The molecule has 3 rings (SSSR count). The first-order chi connectivity index (χ1) is 15.4. The lowest BCUT2D eigenvalue weighted by Crippen LogP contribution is -2.53. The quantitative estimate of drug-likeness (QED) is 0.502. The smallest absolute Gasteiger partial charge is 0.405 e. The van der Waals surface area contributed by atoms with Crippen LogP contribution in [0.15, 0.2) is 24.3 Å². The summed E-state index contributed by atoms with van der Waals surface area (Å²) in [5.41, 5.74) is 1.27. The van der Waals surface area contributed by atoms with E-state index in [1.54, 1.807) is 24.3 Å². The number of amides is 5. The molecule has 3 N–H and O–H groups in total. The van der Waals surface area contributed by atoms with Gasteiger partial charge in [-0.05, 0) is 44.0 Å². The van der Waals surface area contributed by atoms with Crippen molar-refractivity contribution in [3.8, 4) is 5.75 Å². The van der Waals surface area contributed by atoms with E-state index in [0.29, 0.717) is 29.3 Å². The molecule has 2 unspecified atom stereocenters. The molecule has 2 fully saturated rings. The molecule has 2 heterocycles. The maximum Gasteiger partial charge on any atom is 0.405 e. The molecule has 0 aromatic heterocycles. The number of hydrogen-bond donors (Lipinski definition) is 3. The zero-order chi connectivity index (χ0) is 24.4. The Hall–Kier alpha value is -3.35. The largest absolute Gasteiger partial charge is 0.497 e. The molecule has 0 saturated carbocycles. The second-order valence-corrected chi connectivity index (χ2v) is 7.92. The number of hydrogen-bond acceptors (Lipinski definition) is 6. The predicted octanol–water partition coefficient (Wildman–Crippen LogP) is 0.636. The number of nitrogens with one attached hydrogen (secondary N) is 3. The molecule has 2 saturated heterocycles. The Bertz CT molecular complexity index is 939. The number of nitrogens with zero attached hydrogens (tertiary/aromatic N) is 2. The van der Waals surface area contributed by atoms with E-state index in [1.165, 1.54) is 18.9 Å². The van der Waals surface area contributed by atoms with Crippen molar-refractivity contribution < 1.29 is 37.1 Å². The Kier molecular flexibility index (Phi) is 6.81. The Labute approximate surface area is 187 Å². The summed E-state index contributed by atoms with van der Waals surface area (Å²) in [5.74, 6) is -1.75. The van der Waals surface area contributed by atoms with Crippen molar-refractivity contribution >= 4 is 23.8 Å². The normalized spacial score (nSPS) is 23.4. The number of likely N-dealkylation sites (tertiary alicyclic amines) is 1. The van der Waals surface area contributed by atoms with Gasteiger partial charge in [0.1, 0.15) is 17.8 Å². The monoisotopic (exact) mass is 471 g/mol. The van der Waals surface area contributed by atoms with Crippen LogP contribution in [0, 0.1) is 0 Å². The molecule has 33 heavy (non-hydrogen) atoms. The van der Waals surface area contributed by atoms with Crippen molar-refractivity contribution in [1.82, 2.24) is 26.0 Å². The number of halogens is 3. The minimum atomic E-state index is -4.55. The lowest BCUT2D eigenvalue weighted by atomic mass is 9.92. The van der Waals surface area contributed by atoms with Gasteiger partial charge in [-0.15, -0.1) is 0 Å². The van der Waals surface area contributed by atoms with Gasteiger partial charge in [-0.2, -0.15) is 18.2 Å². The Morgan fingerprint density at radius 1 is 1.24 bits per heavy atom. The highest BCUT2D eigenvalue weighted by molar-refractivity contribution is 6.08. The highest BCUT2D eigenvalue weighted by Gasteiger charge is 2.50. The third-order valence-electron chi connectivity index (χ3n) is 5.57. The molecule has 2 atom stereocenters. The average molecular weight is 471 g/mol. The van der Waals surface area contributed by atoms with Crippen molar-refractivity contribution in [2.75, 3.05) is 26.7 Å². The molecule has 0 spiro atoms. The molecule has 13 heteroatoms. The van der Waals surface area contributed by atoms with Crippen LogP contribution in [0.4, 0.5) is 18.0 Å². The van der Waals surface area contributed by atoms with Crippen LogP contribution in [-0.2, 0) is 19.9 Å². The molecule has 180 valence electrons. The zero-order valence-electron chi connectivity index (χ0n) is 18.0. The number of urea groups is 1. The second kappa shape index (κ2) is 9.25. The molecule has 2 aliphatic rings. The molecule has 1 aromatic carbocycles. The third-order valence-corrected chi connectivity index (χ3v) is 5.57. The highest BCUT2D eigenvalue weighted by Crippen LogP contribution is 2.29. The Morgan fingerprint density at radius 2 is 1.91 bits per heavy atom. The fourth-order valence-electron chi connectivity index (χ4n) is 3.82. The molecule has 2 aliphatic heterocycles. The van der Waals surface area contributed by atoms with Crippen molar-refractivity contribution in [1.29, 1.82) is 0 Å². The number of rotatable bonds is 7. The van der Waals surface area contributed by atoms with Crippen LogP contribution >= 0.6 is 0 Å². The van der Waals surface area contributed by atoms with Crippen molar-refractivity contribution in [2.24, 2.45) is 0 Å². The van der Waals surface area contributed by atoms with Gasteiger partial charge in [-0.1, -0.05) is 12.1 Å². The summed E-state index contributed by atoms with van der Waals surface area (Å²) >= 11 is 0. The van der Waals surface area contributed by atoms with E-state index < -0.39 is 48.1 Å². The number of methoxy groups -OCH3 is 1. The van der Waals surface area contributed by atoms with E-state index in [2.05, 4.69) is 10.7 Å². The van der Waals surface area contributed by atoms with Crippen LogP contribution in [0.3, 0.4) is 0 Å². The zero-order valence-corrected chi connectivity index (χ0v) is 18.0. The van der Waals surface area contributed by atoms with Gasteiger partial charge < -0.3 is 15.4 Å². The topological polar surface area (TPSA) is 120 Å². The third kappa shape index (κ3) is 5.35.